The summed E-state index contributed by atoms with van der Waals surface area (Å²) in [5, 5.41) is 20.6. The van der Waals surface area contributed by atoms with Crippen LogP contribution in [0, 0.1) is 0 Å². The molecule has 3 rings (SSSR count). The van der Waals surface area contributed by atoms with Gasteiger partial charge in [0, 0.05) is 25.8 Å². The van der Waals surface area contributed by atoms with Crippen LogP contribution in [-0.4, -0.2) is 53.7 Å². The lowest BCUT2D eigenvalue weighted by atomic mass is 9.95. The Morgan fingerprint density at radius 1 is 1.07 bits per heavy atom. The second-order valence-electron chi connectivity index (χ2n) is 6.89. The normalized spacial score (nSPS) is 18.1. The number of ketones is 1. The molecule has 0 bridgehead atoms. The van der Waals surface area contributed by atoms with E-state index in [1.54, 1.807) is 43.5 Å². The SMILES string of the molecule is CCOc1ccc(/C(O)=C2\C(=O)C(=O)N(CCCOC)C2c2ccc(O)cc2)cc1. The first-order valence-corrected chi connectivity index (χ1v) is 9.77. The maximum absolute atomic E-state index is 12.9. The summed E-state index contributed by atoms with van der Waals surface area (Å²) in [6.45, 7) is 3.11. The highest BCUT2D eigenvalue weighted by Crippen LogP contribution is 2.40. The minimum atomic E-state index is -0.756. The Hall–Kier alpha value is -3.32. The number of amides is 1. The molecule has 1 aliphatic rings. The van der Waals surface area contributed by atoms with Gasteiger partial charge in [-0.25, -0.2) is 0 Å². The summed E-state index contributed by atoms with van der Waals surface area (Å²) in [6.07, 6.45) is 0.543. The average molecular weight is 411 g/mol. The van der Waals surface area contributed by atoms with E-state index in [0.29, 0.717) is 43.1 Å². The number of phenolic OH excluding ortho intramolecular Hbond substituents is 1. The minimum absolute atomic E-state index is 0.0206. The minimum Gasteiger partial charge on any atom is -0.508 e. The third kappa shape index (κ3) is 4.31. The summed E-state index contributed by atoms with van der Waals surface area (Å²) in [7, 11) is 1.57. The van der Waals surface area contributed by atoms with E-state index >= 15 is 0 Å². The Kier molecular flexibility index (Phi) is 6.74. The summed E-state index contributed by atoms with van der Waals surface area (Å²) in [5.41, 5.74) is 1.06. The molecule has 0 radical (unpaired) electrons. The van der Waals surface area contributed by atoms with E-state index < -0.39 is 17.7 Å². The van der Waals surface area contributed by atoms with Crippen LogP contribution in [0.2, 0.25) is 0 Å². The fourth-order valence-electron chi connectivity index (χ4n) is 3.52. The molecule has 30 heavy (non-hydrogen) atoms. The molecule has 1 atom stereocenters. The lowest BCUT2D eigenvalue weighted by molar-refractivity contribution is -0.140. The van der Waals surface area contributed by atoms with Crippen LogP contribution < -0.4 is 4.74 Å². The Labute approximate surface area is 175 Å². The van der Waals surface area contributed by atoms with Gasteiger partial charge in [-0.2, -0.15) is 0 Å². The second kappa shape index (κ2) is 9.45. The van der Waals surface area contributed by atoms with E-state index in [4.69, 9.17) is 9.47 Å². The van der Waals surface area contributed by atoms with Crippen molar-refractivity contribution < 1.29 is 29.3 Å². The van der Waals surface area contributed by atoms with Crippen LogP contribution in [0.1, 0.15) is 30.5 Å². The van der Waals surface area contributed by atoms with E-state index in [2.05, 4.69) is 0 Å². The van der Waals surface area contributed by atoms with Crippen LogP contribution in [-0.2, 0) is 14.3 Å². The number of rotatable bonds is 8. The third-order valence-corrected chi connectivity index (χ3v) is 4.94. The van der Waals surface area contributed by atoms with Crippen molar-refractivity contribution in [1.82, 2.24) is 4.90 Å². The number of methoxy groups -OCH3 is 1. The number of phenols is 1. The fourth-order valence-corrected chi connectivity index (χ4v) is 3.52. The fraction of sp³-hybridized carbons (Fsp3) is 0.304. The molecule has 0 aliphatic carbocycles. The largest absolute Gasteiger partial charge is 0.508 e. The molecule has 1 saturated heterocycles. The van der Waals surface area contributed by atoms with Crippen LogP contribution in [0.3, 0.4) is 0 Å². The van der Waals surface area contributed by atoms with Crippen LogP contribution in [0.25, 0.3) is 5.76 Å². The van der Waals surface area contributed by atoms with Crippen molar-refractivity contribution in [3.63, 3.8) is 0 Å². The zero-order chi connectivity index (χ0) is 21.7. The molecule has 0 spiro atoms. The molecule has 2 N–H and O–H groups in total. The molecule has 1 heterocycles. The highest BCUT2D eigenvalue weighted by Gasteiger charge is 2.45. The Morgan fingerprint density at radius 3 is 2.33 bits per heavy atom. The molecule has 2 aromatic rings. The predicted octanol–water partition coefficient (Wildman–Crippen LogP) is 3.25. The lowest BCUT2D eigenvalue weighted by Gasteiger charge is -2.25. The summed E-state index contributed by atoms with van der Waals surface area (Å²) >= 11 is 0. The zero-order valence-corrected chi connectivity index (χ0v) is 17.0. The molecule has 2 aromatic carbocycles. The van der Waals surface area contributed by atoms with Gasteiger partial charge in [0.1, 0.15) is 17.3 Å². The molecule has 158 valence electrons. The number of likely N-dealkylation sites (tertiary alicyclic amines) is 1. The molecule has 1 aliphatic heterocycles. The standard InChI is InChI=1S/C23H25NO6/c1-3-30-18-11-7-16(8-12-18)21(26)19-20(15-5-9-17(25)10-6-15)24(13-4-14-29-2)23(28)22(19)27/h5-12,20,25-26H,3-4,13-14H2,1-2H3/b21-19+. The van der Waals surface area contributed by atoms with E-state index in [1.165, 1.54) is 17.0 Å². The van der Waals surface area contributed by atoms with Crippen molar-refractivity contribution in [2.24, 2.45) is 0 Å². The number of aliphatic hydroxyl groups is 1. The topological polar surface area (TPSA) is 96.3 Å². The zero-order valence-electron chi connectivity index (χ0n) is 17.0. The quantitative estimate of drug-likeness (QED) is 0.300. The van der Waals surface area contributed by atoms with E-state index in [1.807, 2.05) is 6.92 Å². The second-order valence-corrected chi connectivity index (χ2v) is 6.89. The van der Waals surface area contributed by atoms with Gasteiger partial charge in [0.05, 0.1) is 18.2 Å². The summed E-state index contributed by atoms with van der Waals surface area (Å²) in [4.78, 5) is 27.1. The van der Waals surface area contributed by atoms with Crippen LogP contribution in [0.4, 0.5) is 0 Å². The maximum Gasteiger partial charge on any atom is 0.295 e. The molecule has 0 aromatic heterocycles. The lowest BCUT2D eigenvalue weighted by Crippen LogP contribution is -2.31. The van der Waals surface area contributed by atoms with Gasteiger partial charge < -0.3 is 24.6 Å². The van der Waals surface area contributed by atoms with Crippen molar-refractivity contribution in [3.8, 4) is 11.5 Å². The van der Waals surface area contributed by atoms with Crippen molar-refractivity contribution in [2.45, 2.75) is 19.4 Å². The van der Waals surface area contributed by atoms with Crippen LogP contribution in [0.5, 0.6) is 11.5 Å². The van der Waals surface area contributed by atoms with Crippen molar-refractivity contribution in [2.75, 3.05) is 26.9 Å². The number of aliphatic hydroxyl groups excluding tert-OH is 1. The van der Waals surface area contributed by atoms with Gasteiger partial charge in [-0.15, -0.1) is 0 Å². The number of aromatic hydroxyl groups is 1. The van der Waals surface area contributed by atoms with Crippen molar-refractivity contribution in [3.05, 3.63) is 65.2 Å². The molecule has 1 amide bonds. The average Bonchev–Trinajstić information content (AvgIpc) is 3.00. The van der Waals surface area contributed by atoms with E-state index in [-0.39, 0.29) is 17.1 Å². The summed E-state index contributed by atoms with van der Waals surface area (Å²) < 4.78 is 10.5. The van der Waals surface area contributed by atoms with Gasteiger partial charge in [0.2, 0.25) is 0 Å². The number of nitrogens with zero attached hydrogens (tertiary/aromatic N) is 1. The van der Waals surface area contributed by atoms with Crippen molar-refractivity contribution >= 4 is 17.4 Å². The van der Waals surface area contributed by atoms with Gasteiger partial charge in [-0.3, -0.25) is 9.59 Å². The number of Topliss-reactive ketones (excluding diaryl/α,β-unsaturated/α-hetero) is 1. The Bertz CT molecular complexity index is 933. The number of ether oxygens (including phenoxy) is 2. The van der Waals surface area contributed by atoms with E-state index in [9.17, 15) is 19.8 Å². The van der Waals surface area contributed by atoms with E-state index in [0.717, 1.165) is 0 Å². The molecule has 7 nitrogen and oxygen atoms in total. The molecule has 0 saturated carbocycles. The van der Waals surface area contributed by atoms with Crippen molar-refractivity contribution in [1.29, 1.82) is 0 Å². The van der Waals surface area contributed by atoms with Gasteiger partial charge >= 0.3 is 0 Å². The number of hydrogen-bond acceptors (Lipinski definition) is 6. The number of carbonyl (C=O) groups excluding carboxylic acids is 2. The summed E-state index contributed by atoms with van der Waals surface area (Å²) in [6, 6.07) is 12.2. The first-order valence-electron chi connectivity index (χ1n) is 9.77. The maximum atomic E-state index is 12.9. The molecular weight excluding hydrogens is 386 g/mol. The molecule has 1 unspecified atom stereocenters. The van der Waals surface area contributed by atoms with Gasteiger partial charge in [0.15, 0.2) is 0 Å². The van der Waals surface area contributed by atoms with Crippen LogP contribution >= 0.6 is 0 Å². The highest BCUT2D eigenvalue weighted by molar-refractivity contribution is 6.46. The van der Waals surface area contributed by atoms with Gasteiger partial charge in [0.25, 0.3) is 11.7 Å². The first kappa shape index (κ1) is 21.4. The number of benzene rings is 2. The van der Waals surface area contributed by atoms with Gasteiger partial charge in [-0.05, 0) is 55.3 Å². The highest BCUT2D eigenvalue weighted by atomic mass is 16.5. The Balaban J connectivity index is 2.06. The van der Waals surface area contributed by atoms with Gasteiger partial charge in [-0.1, -0.05) is 12.1 Å². The molecule has 7 heteroatoms. The third-order valence-electron chi connectivity index (χ3n) is 4.94. The monoisotopic (exact) mass is 411 g/mol. The first-order chi connectivity index (χ1) is 14.5. The smallest absolute Gasteiger partial charge is 0.295 e. The number of carbonyl (C=O) groups is 2. The Morgan fingerprint density at radius 2 is 1.73 bits per heavy atom. The number of hydrogen-bond donors (Lipinski definition) is 2. The predicted molar refractivity (Wildman–Crippen MR) is 111 cm³/mol. The molecular formula is C23H25NO6. The van der Waals surface area contributed by atoms with Crippen LogP contribution in [0.15, 0.2) is 54.1 Å². The summed E-state index contributed by atoms with van der Waals surface area (Å²) in [5.74, 6) is -0.942. The molecule has 1 fully saturated rings.